The van der Waals surface area contributed by atoms with Gasteiger partial charge in [-0.2, -0.15) is 0 Å². The first-order valence-electron chi connectivity index (χ1n) is 9.23. The molecule has 0 fully saturated rings. The molecular formula is C21H23Cl2N5O. The predicted octanol–water partition coefficient (Wildman–Crippen LogP) is 4.74. The number of hydrogen-bond donors (Lipinski definition) is 2. The number of nitrogens with two attached hydrogens (primary N) is 1. The maximum absolute atomic E-state index is 12.2. The van der Waals surface area contributed by atoms with E-state index < -0.39 is 6.03 Å². The van der Waals surface area contributed by atoms with Crippen LogP contribution in [-0.4, -0.2) is 35.9 Å². The lowest BCUT2D eigenvalue weighted by Crippen LogP contribution is -2.40. The van der Waals surface area contributed by atoms with Gasteiger partial charge >= 0.3 is 6.03 Å². The van der Waals surface area contributed by atoms with E-state index >= 15 is 0 Å². The molecule has 8 heteroatoms. The number of nitrogens with zero attached hydrogens (tertiary/aromatic N) is 3. The van der Waals surface area contributed by atoms with Crippen LogP contribution in [0.1, 0.15) is 5.69 Å². The molecule has 2 aromatic carbocycles. The molecule has 0 saturated heterocycles. The molecule has 3 rings (SSSR count). The average Bonchev–Trinajstić information content (AvgIpc) is 2.71. The summed E-state index contributed by atoms with van der Waals surface area (Å²) in [6, 6.07) is 16.5. The van der Waals surface area contributed by atoms with Crippen LogP contribution in [0.3, 0.4) is 0 Å². The quantitative estimate of drug-likeness (QED) is 0.398. The third-order valence-electron chi connectivity index (χ3n) is 4.48. The van der Waals surface area contributed by atoms with Gasteiger partial charge < -0.3 is 10.6 Å². The standard InChI is InChI=1S/C21H23Cl2N5O/c1-15-14-20(18-4-2-3-5-19(18)25-15)26-28(21(24)29)17-8-6-16(7-9-17)27(12-10-22)13-11-23/h2-9,14H,10-13H2,1H3,(H2,24,29)(H,25,26). The van der Waals surface area contributed by atoms with Crippen molar-refractivity contribution in [3.63, 3.8) is 0 Å². The van der Waals surface area contributed by atoms with E-state index in [1.54, 1.807) is 0 Å². The number of hydrazine groups is 1. The van der Waals surface area contributed by atoms with Gasteiger partial charge in [0.15, 0.2) is 0 Å². The predicted molar refractivity (Wildman–Crippen MR) is 122 cm³/mol. The van der Waals surface area contributed by atoms with Crippen molar-refractivity contribution in [3.05, 3.63) is 60.3 Å². The van der Waals surface area contributed by atoms with Crippen molar-refractivity contribution >= 4 is 57.2 Å². The van der Waals surface area contributed by atoms with Crippen LogP contribution < -0.4 is 21.1 Å². The molecule has 1 aromatic heterocycles. The molecule has 152 valence electrons. The second-order valence-electron chi connectivity index (χ2n) is 6.50. The molecule has 1 heterocycles. The van der Waals surface area contributed by atoms with Crippen LogP contribution in [0.4, 0.5) is 21.9 Å². The number of amides is 2. The number of urea groups is 1. The number of anilines is 3. The van der Waals surface area contributed by atoms with Gasteiger partial charge in [0.2, 0.25) is 0 Å². The number of aryl methyl sites for hydroxylation is 1. The number of carbonyl (C=O) groups is 1. The van der Waals surface area contributed by atoms with Crippen LogP contribution in [0.15, 0.2) is 54.6 Å². The van der Waals surface area contributed by atoms with Crippen molar-refractivity contribution in [1.29, 1.82) is 0 Å². The van der Waals surface area contributed by atoms with Crippen molar-refractivity contribution in [2.24, 2.45) is 5.73 Å². The second-order valence-corrected chi connectivity index (χ2v) is 7.25. The SMILES string of the molecule is Cc1cc(NN(C(N)=O)c2ccc(N(CCCl)CCCl)cc2)c2ccccc2n1. The highest BCUT2D eigenvalue weighted by molar-refractivity contribution is 6.18. The topological polar surface area (TPSA) is 74.5 Å². The van der Waals surface area contributed by atoms with E-state index in [0.29, 0.717) is 30.5 Å². The van der Waals surface area contributed by atoms with Gasteiger partial charge in [-0.05, 0) is 43.3 Å². The minimum Gasteiger partial charge on any atom is -0.369 e. The van der Waals surface area contributed by atoms with Crippen molar-refractivity contribution < 1.29 is 4.79 Å². The van der Waals surface area contributed by atoms with Gasteiger partial charge in [-0.15, -0.1) is 23.2 Å². The summed E-state index contributed by atoms with van der Waals surface area (Å²) in [6.07, 6.45) is 0. The first-order chi connectivity index (χ1) is 14.0. The fourth-order valence-corrected chi connectivity index (χ4v) is 3.56. The fraction of sp³-hybridized carbons (Fsp3) is 0.238. The second kappa shape index (κ2) is 9.67. The van der Waals surface area contributed by atoms with Crippen LogP contribution in [0.25, 0.3) is 10.9 Å². The molecule has 0 radical (unpaired) electrons. The minimum atomic E-state index is -0.616. The fourth-order valence-electron chi connectivity index (χ4n) is 3.15. The lowest BCUT2D eigenvalue weighted by atomic mass is 10.1. The number of halogens is 2. The Bertz CT molecular complexity index is 974. The lowest BCUT2D eigenvalue weighted by Gasteiger charge is -2.26. The molecule has 6 nitrogen and oxygen atoms in total. The van der Waals surface area contributed by atoms with Crippen LogP contribution in [-0.2, 0) is 0 Å². The Morgan fingerprint density at radius 2 is 1.66 bits per heavy atom. The van der Waals surface area contributed by atoms with Gasteiger partial charge in [0.25, 0.3) is 0 Å². The molecule has 0 spiro atoms. The first kappa shape index (κ1) is 21.0. The number of primary amides is 1. The third kappa shape index (κ3) is 5.02. The van der Waals surface area contributed by atoms with Gasteiger partial charge in [0.05, 0.1) is 16.9 Å². The number of rotatable bonds is 8. The zero-order valence-corrected chi connectivity index (χ0v) is 17.6. The molecule has 0 aliphatic heterocycles. The number of nitrogens with one attached hydrogen (secondary N) is 1. The number of aromatic nitrogens is 1. The molecule has 0 saturated carbocycles. The van der Waals surface area contributed by atoms with Gasteiger partial charge in [0.1, 0.15) is 0 Å². The Morgan fingerprint density at radius 1 is 1.03 bits per heavy atom. The van der Waals surface area contributed by atoms with E-state index in [1.165, 1.54) is 5.01 Å². The van der Waals surface area contributed by atoms with E-state index in [9.17, 15) is 4.79 Å². The van der Waals surface area contributed by atoms with Crippen molar-refractivity contribution in [2.75, 3.05) is 40.2 Å². The number of carbonyl (C=O) groups excluding carboxylic acids is 1. The van der Waals surface area contributed by atoms with Crippen LogP contribution in [0, 0.1) is 6.92 Å². The summed E-state index contributed by atoms with van der Waals surface area (Å²) in [5.41, 5.74) is 12.8. The highest BCUT2D eigenvalue weighted by Crippen LogP contribution is 2.26. The smallest absolute Gasteiger partial charge is 0.338 e. The monoisotopic (exact) mass is 431 g/mol. The third-order valence-corrected chi connectivity index (χ3v) is 4.82. The lowest BCUT2D eigenvalue weighted by molar-refractivity contribution is 0.255. The van der Waals surface area contributed by atoms with E-state index in [2.05, 4.69) is 15.3 Å². The van der Waals surface area contributed by atoms with Gasteiger partial charge in [-0.3, -0.25) is 10.4 Å². The Labute approximate surface area is 180 Å². The van der Waals surface area contributed by atoms with Crippen LogP contribution in [0.2, 0.25) is 0 Å². The normalized spacial score (nSPS) is 10.7. The number of fused-ring (bicyclic) bond motifs is 1. The molecule has 29 heavy (non-hydrogen) atoms. The summed E-state index contributed by atoms with van der Waals surface area (Å²) in [5, 5.41) is 2.22. The average molecular weight is 432 g/mol. The van der Waals surface area contributed by atoms with Crippen molar-refractivity contribution in [3.8, 4) is 0 Å². The van der Waals surface area contributed by atoms with E-state index in [4.69, 9.17) is 28.9 Å². The Balaban J connectivity index is 1.90. The van der Waals surface area contributed by atoms with Gasteiger partial charge in [0, 0.05) is 41.6 Å². The highest BCUT2D eigenvalue weighted by Gasteiger charge is 2.15. The molecule has 2 amide bonds. The summed E-state index contributed by atoms with van der Waals surface area (Å²) in [7, 11) is 0. The van der Waals surface area contributed by atoms with Crippen molar-refractivity contribution in [2.45, 2.75) is 6.92 Å². The van der Waals surface area contributed by atoms with Gasteiger partial charge in [-0.1, -0.05) is 18.2 Å². The largest absolute Gasteiger partial charge is 0.369 e. The molecule has 3 aromatic rings. The molecule has 0 unspecified atom stereocenters. The summed E-state index contributed by atoms with van der Waals surface area (Å²) < 4.78 is 0. The minimum absolute atomic E-state index is 0.502. The summed E-state index contributed by atoms with van der Waals surface area (Å²) in [4.78, 5) is 18.8. The summed E-state index contributed by atoms with van der Waals surface area (Å²) >= 11 is 11.8. The molecule has 0 aliphatic rings. The van der Waals surface area contributed by atoms with Crippen LogP contribution >= 0.6 is 23.2 Å². The maximum atomic E-state index is 12.2. The highest BCUT2D eigenvalue weighted by atomic mass is 35.5. The van der Waals surface area contributed by atoms with Gasteiger partial charge in [-0.25, -0.2) is 9.80 Å². The number of pyridine rings is 1. The number of benzene rings is 2. The van der Waals surface area contributed by atoms with E-state index in [0.717, 1.165) is 28.0 Å². The Morgan fingerprint density at radius 3 is 2.28 bits per heavy atom. The van der Waals surface area contributed by atoms with Crippen LogP contribution in [0.5, 0.6) is 0 Å². The summed E-state index contributed by atoms with van der Waals surface area (Å²) in [5.74, 6) is 1.00. The number of hydrogen-bond acceptors (Lipinski definition) is 4. The maximum Gasteiger partial charge on any atom is 0.338 e. The van der Waals surface area contributed by atoms with E-state index in [1.807, 2.05) is 61.5 Å². The number of para-hydroxylation sites is 1. The molecule has 0 aliphatic carbocycles. The molecular weight excluding hydrogens is 409 g/mol. The summed E-state index contributed by atoms with van der Waals surface area (Å²) in [6.45, 7) is 3.28. The zero-order valence-electron chi connectivity index (χ0n) is 16.1. The molecule has 3 N–H and O–H groups in total. The van der Waals surface area contributed by atoms with Crippen molar-refractivity contribution in [1.82, 2.24) is 4.98 Å². The Kier molecular flexibility index (Phi) is 7.01. The first-order valence-corrected chi connectivity index (χ1v) is 10.3. The number of alkyl halides is 2. The molecule has 0 atom stereocenters. The molecule has 0 bridgehead atoms. The van der Waals surface area contributed by atoms with E-state index in [-0.39, 0.29) is 0 Å². The zero-order chi connectivity index (χ0) is 20.8. The Hall–Kier alpha value is -2.70.